The van der Waals surface area contributed by atoms with Crippen LogP contribution in [-0.4, -0.2) is 18.1 Å². The Bertz CT molecular complexity index is 1160. The van der Waals surface area contributed by atoms with E-state index in [0.717, 1.165) is 12.1 Å². The predicted molar refractivity (Wildman–Crippen MR) is 128 cm³/mol. The van der Waals surface area contributed by atoms with Crippen molar-refractivity contribution in [1.29, 1.82) is 0 Å². The first-order valence-electron chi connectivity index (χ1n) is 11.0. The molecule has 5 rings (SSSR count). The maximum atomic E-state index is 12.6. The molecule has 0 aliphatic carbocycles. The van der Waals surface area contributed by atoms with Crippen LogP contribution in [0.25, 0.3) is 17.2 Å². The number of nitrogens with zero attached hydrogens (tertiary/aromatic N) is 1. The van der Waals surface area contributed by atoms with Crippen LogP contribution < -0.4 is 10.2 Å². The number of aryl methyl sites for hydroxylation is 1. The van der Waals surface area contributed by atoms with E-state index in [1.54, 1.807) is 0 Å². The van der Waals surface area contributed by atoms with Crippen LogP contribution in [0.4, 0.5) is 5.69 Å². The number of fused-ring (bicyclic) bond motifs is 3. The molecule has 3 heteroatoms. The minimum Gasteiger partial charge on any atom is -0.344 e. The van der Waals surface area contributed by atoms with Gasteiger partial charge >= 0.3 is 0 Å². The molecule has 1 saturated heterocycles. The molecule has 3 aromatic rings. The average molecular weight is 409 g/mol. The highest BCUT2D eigenvalue weighted by atomic mass is 16.2. The van der Waals surface area contributed by atoms with Crippen LogP contribution in [0, 0.1) is 6.92 Å². The van der Waals surface area contributed by atoms with Gasteiger partial charge in [0.1, 0.15) is 5.66 Å². The summed E-state index contributed by atoms with van der Waals surface area (Å²) in [5.74, 6) is 0.109. The molecule has 156 valence electrons. The molecule has 1 fully saturated rings. The van der Waals surface area contributed by atoms with Gasteiger partial charge in [-0.05, 0) is 41.3 Å². The average Bonchev–Trinajstić information content (AvgIpc) is 2.96. The van der Waals surface area contributed by atoms with E-state index in [2.05, 4.69) is 110 Å². The monoisotopic (exact) mass is 408 g/mol. The molecule has 0 bridgehead atoms. The van der Waals surface area contributed by atoms with Crippen LogP contribution >= 0.6 is 0 Å². The van der Waals surface area contributed by atoms with E-state index in [-0.39, 0.29) is 11.3 Å². The van der Waals surface area contributed by atoms with Gasteiger partial charge in [0, 0.05) is 24.1 Å². The summed E-state index contributed by atoms with van der Waals surface area (Å²) in [5, 5.41) is 3.36. The summed E-state index contributed by atoms with van der Waals surface area (Å²) in [6.07, 6.45) is 4.86. The van der Waals surface area contributed by atoms with Gasteiger partial charge in [-0.25, -0.2) is 0 Å². The lowest BCUT2D eigenvalue weighted by Gasteiger charge is -2.49. The van der Waals surface area contributed by atoms with Gasteiger partial charge in [-0.3, -0.25) is 4.79 Å². The molecule has 2 heterocycles. The number of hydrogen-bond donors (Lipinski definition) is 1. The molecule has 3 nitrogen and oxygen atoms in total. The van der Waals surface area contributed by atoms with Gasteiger partial charge in [0.2, 0.25) is 5.91 Å². The van der Waals surface area contributed by atoms with Crippen LogP contribution in [0.15, 0.2) is 78.9 Å². The zero-order chi connectivity index (χ0) is 21.6. The SMILES string of the molecule is Cc1ccc2c(c1)C(C)(C)[C@@]1(/C=C/c3ccc(-c4ccccc4)cc3)NC(=O)CCN21. The van der Waals surface area contributed by atoms with Crippen LogP contribution in [0.1, 0.15) is 37.0 Å². The van der Waals surface area contributed by atoms with Crippen molar-refractivity contribution in [1.82, 2.24) is 5.32 Å². The third-order valence-electron chi connectivity index (χ3n) is 6.92. The van der Waals surface area contributed by atoms with Gasteiger partial charge in [0.05, 0.1) is 0 Å². The molecule has 1 atom stereocenters. The number of anilines is 1. The first-order chi connectivity index (χ1) is 14.9. The summed E-state index contributed by atoms with van der Waals surface area (Å²) in [4.78, 5) is 14.9. The van der Waals surface area contributed by atoms with Gasteiger partial charge in [-0.15, -0.1) is 0 Å². The van der Waals surface area contributed by atoms with E-state index in [9.17, 15) is 4.79 Å². The molecule has 0 saturated carbocycles. The highest BCUT2D eigenvalue weighted by Gasteiger charge is 2.57. The summed E-state index contributed by atoms with van der Waals surface area (Å²) < 4.78 is 0. The minimum absolute atomic E-state index is 0.109. The van der Waals surface area contributed by atoms with Crippen molar-refractivity contribution in [3.8, 4) is 11.1 Å². The first kappa shape index (κ1) is 19.6. The smallest absolute Gasteiger partial charge is 0.223 e. The molecule has 0 aromatic heterocycles. The maximum Gasteiger partial charge on any atom is 0.223 e. The third-order valence-corrected chi connectivity index (χ3v) is 6.92. The summed E-state index contributed by atoms with van der Waals surface area (Å²) >= 11 is 0. The molecule has 3 aromatic carbocycles. The van der Waals surface area contributed by atoms with E-state index in [1.807, 2.05) is 6.07 Å². The van der Waals surface area contributed by atoms with Crippen molar-refractivity contribution in [2.45, 2.75) is 38.3 Å². The molecule has 2 aliphatic rings. The van der Waals surface area contributed by atoms with Gasteiger partial charge in [0.25, 0.3) is 0 Å². The van der Waals surface area contributed by atoms with Crippen molar-refractivity contribution >= 4 is 17.7 Å². The topological polar surface area (TPSA) is 32.3 Å². The maximum absolute atomic E-state index is 12.6. The van der Waals surface area contributed by atoms with Gasteiger partial charge in [-0.1, -0.05) is 92.2 Å². The zero-order valence-electron chi connectivity index (χ0n) is 18.4. The molecule has 0 spiro atoms. The standard InChI is InChI=1S/C28H28N2O/c1-20-9-14-25-24(19-20)27(2,3)28(29-26(31)16-18-30(25)28)17-15-21-10-12-23(13-11-21)22-7-5-4-6-8-22/h4-15,17,19H,16,18H2,1-3H3,(H,29,31)/b17-15+/t28-/m0/s1. The Hall–Kier alpha value is -3.33. The van der Waals surface area contributed by atoms with Crippen molar-refractivity contribution < 1.29 is 4.79 Å². The lowest BCUT2D eigenvalue weighted by atomic mass is 9.74. The van der Waals surface area contributed by atoms with Crippen molar-refractivity contribution in [2.75, 3.05) is 11.4 Å². The van der Waals surface area contributed by atoms with E-state index in [0.29, 0.717) is 6.42 Å². The summed E-state index contributed by atoms with van der Waals surface area (Å²) in [6.45, 7) is 7.32. The fraction of sp³-hybridized carbons (Fsp3) is 0.250. The van der Waals surface area contributed by atoms with Gasteiger partial charge in [-0.2, -0.15) is 0 Å². The van der Waals surface area contributed by atoms with E-state index < -0.39 is 5.66 Å². The van der Waals surface area contributed by atoms with Crippen LogP contribution in [0.2, 0.25) is 0 Å². The number of carbonyl (C=O) groups is 1. The van der Waals surface area contributed by atoms with Crippen molar-refractivity contribution in [2.24, 2.45) is 0 Å². The number of nitrogens with one attached hydrogen (secondary N) is 1. The highest BCUT2D eigenvalue weighted by Crippen LogP contribution is 2.52. The van der Waals surface area contributed by atoms with Crippen LogP contribution in [0.3, 0.4) is 0 Å². The Kier molecular flexibility index (Phi) is 4.51. The van der Waals surface area contributed by atoms with Gasteiger partial charge < -0.3 is 10.2 Å². The number of benzene rings is 3. The summed E-state index contributed by atoms with van der Waals surface area (Å²) in [5.41, 5.74) is 6.46. The van der Waals surface area contributed by atoms with E-state index in [4.69, 9.17) is 0 Å². The Morgan fingerprint density at radius 2 is 1.65 bits per heavy atom. The fourth-order valence-corrected chi connectivity index (χ4v) is 5.10. The lowest BCUT2D eigenvalue weighted by molar-refractivity contribution is -0.124. The number of rotatable bonds is 3. The van der Waals surface area contributed by atoms with Gasteiger partial charge in [0.15, 0.2) is 0 Å². The molecule has 0 unspecified atom stereocenters. The van der Waals surface area contributed by atoms with Crippen LogP contribution in [0.5, 0.6) is 0 Å². The molecule has 0 radical (unpaired) electrons. The second-order valence-corrected chi connectivity index (χ2v) is 9.18. The largest absolute Gasteiger partial charge is 0.344 e. The second kappa shape index (κ2) is 7.12. The second-order valence-electron chi connectivity index (χ2n) is 9.18. The highest BCUT2D eigenvalue weighted by molar-refractivity contribution is 5.84. The Labute approximate surface area is 184 Å². The number of amides is 1. The van der Waals surface area contributed by atoms with Crippen LogP contribution in [-0.2, 0) is 10.2 Å². The fourth-order valence-electron chi connectivity index (χ4n) is 5.10. The molecular weight excluding hydrogens is 380 g/mol. The molecule has 2 aliphatic heterocycles. The molecule has 1 amide bonds. The molecule has 31 heavy (non-hydrogen) atoms. The zero-order valence-corrected chi connectivity index (χ0v) is 18.4. The quantitative estimate of drug-likeness (QED) is 0.604. The Morgan fingerprint density at radius 1 is 0.935 bits per heavy atom. The predicted octanol–water partition coefficient (Wildman–Crippen LogP) is 5.69. The Balaban J connectivity index is 1.53. The molecule has 1 N–H and O–H groups in total. The van der Waals surface area contributed by atoms with Crippen molar-refractivity contribution in [3.05, 3.63) is 95.6 Å². The summed E-state index contributed by atoms with van der Waals surface area (Å²) in [6, 6.07) is 25.6. The third kappa shape index (κ3) is 3.07. The number of hydrogen-bond acceptors (Lipinski definition) is 2. The van der Waals surface area contributed by atoms with E-state index >= 15 is 0 Å². The lowest BCUT2D eigenvalue weighted by Crippen LogP contribution is -2.68. The van der Waals surface area contributed by atoms with E-state index in [1.165, 1.54) is 27.9 Å². The summed E-state index contributed by atoms with van der Waals surface area (Å²) in [7, 11) is 0. The number of carbonyl (C=O) groups excluding carboxylic acids is 1. The first-order valence-corrected chi connectivity index (χ1v) is 11.0. The normalized spacial score (nSPS) is 21.6. The molecular formula is C28H28N2O. The minimum atomic E-state index is -0.573. The van der Waals surface area contributed by atoms with Crippen molar-refractivity contribution in [3.63, 3.8) is 0 Å². The Morgan fingerprint density at radius 3 is 2.39 bits per heavy atom.